The van der Waals surface area contributed by atoms with Gasteiger partial charge < -0.3 is 0 Å². The van der Waals surface area contributed by atoms with E-state index in [0.717, 1.165) is 11.4 Å². The van der Waals surface area contributed by atoms with Crippen LogP contribution in [0.5, 0.6) is 0 Å². The van der Waals surface area contributed by atoms with E-state index in [-0.39, 0.29) is 0 Å². The maximum atomic E-state index is 9.95. The summed E-state index contributed by atoms with van der Waals surface area (Å²) in [5, 5.41) is 0.649. The van der Waals surface area contributed by atoms with Crippen LogP contribution in [0.25, 0.3) is 0 Å². The van der Waals surface area contributed by atoms with Crippen LogP contribution in [0.4, 0.5) is 0 Å². The summed E-state index contributed by atoms with van der Waals surface area (Å²) in [4.78, 5) is 18.2. The number of aromatic nitrogens is 2. The van der Waals surface area contributed by atoms with Crippen molar-refractivity contribution in [3.05, 3.63) is 17.5 Å². The largest absolute Gasteiger partial charge is 0.290 e. The van der Waals surface area contributed by atoms with E-state index in [0.29, 0.717) is 10.9 Å². The normalized spacial score (nSPS) is 9.83. The number of carbonyl (C=O) groups excluding carboxylic acids is 1. The third-order valence-electron chi connectivity index (χ3n) is 1.22. The van der Waals surface area contributed by atoms with Crippen LogP contribution < -0.4 is 0 Å². The first-order valence-corrected chi connectivity index (χ1v) is 4.51. The maximum absolute atomic E-state index is 9.95. The minimum absolute atomic E-state index is 0.295. The zero-order chi connectivity index (χ0) is 8.97. The number of aryl methyl sites for hydroxylation is 2. The first kappa shape index (κ1) is 9.19. The Kier molecular flexibility index (Phi) is 3.22. The molecular weight excluding hydrogens is 172 g/mol. The van der Waals surface area contributed by atoms with E-state index in [1.165, 1.54) is 11.8 Å². The topological polar surface area (TPSA) is 42.9 Å². The molecule has 63 valence electrons. The Morgan fingerprint density at radius 1 is 1.42 bits per heavy atom. The Hall–Kier alpha value is -0.900. The van der Waals surface area contributed by atoms with Gasteiger partial charge in [0.15, 0.2) is 5.16 Å². The highest BCUT2D eigenvalue weighted by atomic mass is 32.2. The van der Waals surface area contributed by atoms with E-state index in [9.17, 15) is 4.79 Å². The second-order valence-corrected chi connectivity index (χ2v) is 3.31. The molecule has 1 aromatic rings. The minimum Gasteiger partial charge on any atom is -0.290 e. The van der Waals surface area contributed by atoms with Gasteiger partial charge >= 0.3 is 0 Å². The second kappa shape index (κ2) is 4.21. The molecule has 0 aliphatic rings. The molecule has 1 rings (SSSR count). The van der Waals surface area contributed by atoms with Gasteiger partial charge in [0.1, 0.15) is 0 Å². The van der Waals surface area contributed by atoms with E-state index in [4.69, 9.17) is 0 Å². The average molecular weight is 181 g/mol. The van der Waals surface area contributed by atoms with Crippen molar-refractivity contribution in [2.24, 2.45) is 0 Å². The van der Waals surface area contributed by atoms with Crippen LogP contribution in [0.2, 0.25) is 0 Å². The molecule has 0 aromatic carbocycles. The number of nitrogens with zero attached hydrogens (tertiary/aromatic N) is 2. The molecule has 4 heteroatoms. The fourth-order valence-corrected chi connectivity index (χ4v) is 1.46. The van der Waals surface area contributed by atoms with Crippen molar-refractivity contribution in [3.63, 3.8) is 0 Å². The van der Waals surface area contributed by atoms with Crippen molar-refractivity contribution in [2.45, 2.75) is 19.0 Å². The Morgan fingerprint density at radius 2 is 2.00 bits per heavy atom. The van der Waals surface area contributed by atoms with Gasteiger partial charge in [0.2, 0.25) is 6.29 Å². The summed E-state index contributed by atoms with van der Waals surface area (Å²) in [5.74, 6) is 0.295. The van der Waals surface area contributed by atoms with Crippen LogP contribution in [-0.2, 0) is 4.79 Å². The molecule has 0 atom stereocenters. The molecule has 0 bridgehead atoms. The first-order chi connectivity index (χ1) is 5.72. The van der Waals surface area contributed by atoms with E-state index >= 15 is 0 Å². The summed E-state index contributed by atoms with van der Waals surface area (Å²) in [5.41, 5.74) is 1.85. The minimum atomic E-state index is 0.295. The molecule has 0 fully saturated rings. The third kappa shape index (κ3) is 2.62. The Bertz CT molecular complexity index is 268. The van der Waals surface area contributed by atoms with Gasteiger partial charge in [-0.3, -0.25) is 4.79 Å². The molecule has 0 unspecified atom stereocenters. The molecule has 0 spiro atoms. The second-order valence-electron chi connectivity index (χ2n) is 2.37. The summed E-state index contributed by atoms with van der Waals surface area (Å²) in [6.07, 6.45) is 1.79. The van der Waals surface area contributed by atoms with Gasteiger partial charge in [0, 0.05) is 11.4 Å². The first-order valence-electron chi connectivity index (χ1n) is 3.52. The SMILES string of the molecule is Cc1cc(C)nc(SC[C]=O)n1. The van der Waals surface area contributed by atoms with Crippen LogP contribution in [0, 0.1) is 13.8 Å². The van der Waals surface area contributed by atoms with Crippen LogP contribution in [0.1, 0.15) is 11.4 Å². The van der Waals surface area contributed by atoms with E-state index < -0.39 is 0 Å². The molecule has 0 aliphatic carbocycles. The van der Waals surface area contributed by atoms with Crippen molar-refractivity contribution < 1.29 is 4.79 Å². The zero-order valence-electron chi connectivity index (χ0n) is 7.00. The average Bonchev–Trinajstić information content (AvgIpc) is 1.99. The summed E-state index contributed by atoms with van der Waals surface area (Å²) in [6.45, 7) is 3.81. The molecule has 3 nitrogen and oxygen atoms in total. The quantitative estimate of drug-likeness (QED) is 0.520. The third-order valence-corrected chi connectivity index (χ3v) is 1.92. The van der Waals surface area contributed by atoms with Gasteiger partial charge in [-0.25, -0.2) is 9.97 Å². The van der Waals surface area contributed by atoms with Crippen LogP contribution in [0.15, 0.2) is 11.2 Å². The predicted molar refractivity (Wildman–Crippen MR) is 47.9 cm³/mol. The lowest BCUT2D eigenvalue weighted by Gasteiger charge is -1.99. The highest BCUT2D eigenvalue weighted by Gasteiger charge is 1.98. The number of hydrogen-bond donors (Lipinski definition) is 0. The smallest absolute Gasteiger partial charge is 0.209 e. The molecule has 0 saturated heterocycles. The molecule has 0 amide bonds. The molecule has 0 N–H and O–H groups in total. The van der Waals surface area contributed by atoms with Gasteiger partial charge in [-0.1, -0.05) is 11.8 Å². The Morgan fingerprint density at radius 3 is 2.50 bits per heavy atom. The lowest BCUT2D eigenvalue weighted by molar-refractivity contribution is 0.560. The lowest BCUT2D eigenvalue weighted by Crippen LogP contribution is -1.93. The monoisotopic (exact) mass is 181 g/mol. The highest BCUT2D eigenvalue weighted by molar-refractivity contribution is 7.99. The molecule has 0 aliphatic heterocycles. The van der Waals surface area contributed by atoms with Crippen LogP contribution in [0.3, 0.4) is 0 Å². The van der Waals surface area contributed by atoms with Crippen molar-refractivity contribution in [1.82, 2.24) is 9.97 Å². The number of rotatable bonds is 3. The summed E-state index contributed by atoms with van der Waals surface area (Å²) in [7, 11) is 0. The molecule has 1 radical (unpaired) electrons. The van der Waals surface area contributed by atoms with Crippen LogP contribution in [-0.4, -0.2) is 22.0 Å². The molecule has 1 aromatic heterocycles. The number of thioether (sulfide) groups is 1. The van der Waals surface area contributed by atoms with Gasteiger partial charge in [-0.2, -0.15) is 0 Å². The fraction of sp³-hybridized carbons (Fsp3) is 0.375. The Labute approximate surface area is 75.6 Å². The summed E-state index contributed by atoms with van der Waals surface area (Å²) >= 11 is 1.30. The van der Waals surface area contributed by atoms with Crippen LogP contribution >= 0.6 is 11.8 Å². The summed E-state index contributed by atoms with van der Waals surface area (Å²) < 4.78 is 0. The van der Waals surface area contributed by atoms with Gasteiger partial charge in [-0.15, -0.1) is 0 Å². The molecule has 0 saturated carbocycles. The lowest BCUT2D eigenvalue weighted by atomic mass is 10.4. The van der Waals surface area contributed by atoms with E-state index in [2.05, 4.69) is 9.97 Å². The molecule has 12 heavy (non-hydrogen) atoms. The van der Waals surface area contributed by atoms with Gasteiger partial charge in [0.05, 0.1) is 5.75 Å². The predicted octanol–water partition coefficient (Wildman–Crippen LogP) is 1.30. The highest BCUT2D eigenvalue weighted by Crippen LogP contribution is 2.12. The van der Waals surface area contributed by atoms with Crippen molar-refractivity contribution >= 4 is 18.0 Å². The van der Waals surface area contributed by atoms with Crippen molar-refractivity contribution in [2.75, 3.05) is 5.75 Å². The zero-order valence-corrected chi connectivity index (χ0v) is 7.81. The summed E-state index contributed by atoms with van der Waals surface area (Å²) in [6, 6.07) is 1.90. The molecule has 1 heterocycles. The number of hydrogen-bond acceptors (Lipinski definition) is 4. The van der Waals surface area contributed by atoms with Gasteiger partial charge in [0.25, 0.3) is 0 Å². The molecular formula is C8H9N2OS. The van der Waals surface area contributed by atoms with E-state index in [1.807, 2.05) is 19.9 Å². The maximum Gasteiger partial charge on any atom is 0.209 e. The van der Waals surface area contributed by atoms with Gasteiger partial charge in [-0.05, 0) is 19.9 Å². The Balaban J connectivity index is 2.78. The van der Waals surface area contributed by atoms with Crippen molar-refractivity contribution in [1.29, 1.82) is 0 Å². The van der Waals surface area contributed by atoms with E-state index in [1.54, 1.807) is 6.29 Å². The fourth-order valence-electron chi connectivity index (χ4n) is 0.852. The standard InChI is InChI=1S/C8H9N2OS/c1-6-5-7(2)10-8(9-6)12-4-3-11/h5H,4H2,1-2H3. The van der Waals surface area contributed by atoms with Crippen molar-refractivity contribution in [3.8, 4) is 0 Å².